The van der Waals surface area contributed by atoms with Crippen molar-refractivity contribution in [1.82, 2.24) is 4.98 Å². The maximum absolute atomic E-state index is 5.99. The predicted octanol–water partition coefficient (Wildman–Crippen LogP) is 3.35. The summed E-state index contributed by atoms with van der Waals surface area (Å²) in [5, 5.41) is 1.42. The predicted molar refractivity (Wildman–Crippen MR) is 55.8 cm³/mol. The second-order valence-corrected chi connectivity index (χ2v) is 3.87. The molecule has 0 saturated heterocycles. The molecule has 0 fully saturated rings. The van der Waals surface area contributed by atoms with Gasteiger partial charge in [0, 0.05) is 0 Å². The molecule has 4 heteroatoms. The fraction of sp³-hybridized carbons (Fsp3) is 0.222. The number of thiazole rings is 1. The van der Waals surface area contributed by atoms with E-state index in [0.717, 1.165) is 15.2 Å². The molecule has 0 amide bonds. The van der Waals surface area contributed by atoms with E-state index < -0.39 is 0 Å². The third kappa shape index (κ3) is 1.62. The quantitative estimate of drug-likeness (QED) is 0.763. The lowest BCUT2D eigenvalue weighted by Crippen LogP contribution is -1.88. The minimum atomic E-state index is 0.636. The zero-order valence-corrected chi connectivity index (χ0v) is 8.65. The molecule has 0 spiro atoms. The molecule has 0 radical (unpaired) electrons. The van der Waals surface area contributed by atoms with Gasteiger partial charge >= 0.3 is 0 Å². The van der Waals surface area contributed by atoms with Crippen LogP contribution in [0.25, 0.3) is 10.2 Å². The number of nitrogens with zero attached hydrogens (tertiary/aromatic N) is 1. The monoisotopic (exact) mass is 213 g/mol. The number of fused-ring (bicyclic) bond motifs is 1. The molecule has 0 aliphatic rings. The van der Waals surface area contributed by atoms with Gasteiger partial charge in [-0.1, -0.05) is 29.0 Å². The zero-order valence-electron chi connectivity index (χ0n) is 7.08. The third-order valence-electron chi connectivity index (χ3n) is 1.62. The van der Waals surface area contributed by atoms with Gasteiger partial charge in [-0.05, 0) is 19.1 Å². The van der Waals surface area contributed by atoms with Crippen molar-refractivity contribution in [2.75, 3.05) is 6.61 Å². The van der Waals surface area contributed by atoms with Crippen molar-refractivity contribution in [2.24, 2.45) is 0 Å². The van der Waals surface area contributed by atoms with Crippen LogP contribution in [0.15, 0.2) is 18.2 Å². The summed E-state index contributed by atoms with van der Waals surface area (Å²) in [6, 6.07) is 5.68. The zero-order chi connectivity index (χ0) is 9.26. The topological polar surface area (TPSA) is 22.1 Å². The van der Waals surface area contributed by atoms with Gasteiger partial charge in [-0.15, -0.1) is 0 Å². The standard InChI is InChI=1S/C9H8ClNOS/c1-2-12-9-11-7-5-3-4-6(10)8(7)13-9/h3-5H,2H2,1H3. The molecule has 2 aromatic rings. The van der Waals surface area contributed by atoms with Crippen molar-refractivity contribution in [2.45, 2.75) is 6.92 Å². The number of hydrogen-bond acceptors (Lipinski definition) is 3. The summed E-state index contributed by atoms with van der Waals surface area (Å²) in [5.74, 6) is 0. The van der Waals surface area contributed by atoms with E-state index in [0.29, 0.717) is 11.8 Å². The second-order valence-electron chi connectivity index (χ2n) is 2.50. The van der Waals surface area contributed by atoms with E-state index in [-0.39, 0.29) is 0 Å². The first-order chi connectivity index (χ1) is 6.31. The fourth-order valence-corrected chi connectivity index (χ4v) is 2.24. The first kappa shape index (κ1) is 8.78. The summed E-state index contributed by atoms with van der Waals surface area (Å²) in [4.78, 5) is 4.28. The van der Waals surface area contributed by atoms with E-state index in [1.807, 2.05) is 25.1 Å². The third-order valence-corrected chi connectivity index (χ3v) is 3.06. The average Bonchev–Trinajstić information content (AvgIpc) is 2.49. The van der Waals surface area contributed by atoms with Gasteiger partial charge in [0.1, 0.15) is 0 Å². The molecular formula is C9H8ClNOS. The molecule has 1 aromatic heterocycles. The van der Waals surface area contributed by atoms with Crippen LogP contribution in [-0.2, 0) is 0 Å². The Bertz CT molecular complexity index is 426. The SMILES string of the molecule is CCOc1nc2cccc(Cl)c2s1. The summed E-state index contributed by atoms with van der Waals surface area (Å²) in [7, 11) is 0. The summed E-state index contributed by atoms with van der Waals surface area (Å²) < 4.78 is 6.29. The molecule has 0 N–H and O–H groups in total. The molecule has 0 aliphatic carbocycles. The van der Waals surface area contributed by atoms with Gasteiger partial charge in [-0.2, -0.15) is 0 Å². The van der Waals surface area contributed by atoms with Gasteiger partial charge in [0.25, 0.3) is 5.19 Å². The van der Waals surface area contributed by atoms with E-state index in [1.165, 1.54) is 11.3 Å². The highest BCUT2D eigenvalue weighted by Gasteiger charge is 2.06. The number of rotatable bonds is 2. The first-order valence-electron chi connectivity index (χ1n) is 3.99. The van der Waals surface area contributed by atoms with Crippen LogP contribution in [0.4, 0.5) is 0 Å². The lowest BCUT2D eigenvalue weighted by Gasteiger charge is -1.92. The van der Waals surface area contributed by atoms with Crippen LogP contribution >= 0.6 is 22.9 Å². The number of hydrogen-bond donors (Lipinski definition) is 0. The molecule has 0 atom stereocenters. The lowest BCUT2D eigenvalue weighted by molar-refractivity contribution is 0.339. The van der Waals surface area contributed by atoms with Gasteiger partial charge in [0.05, 0.1) is 21.8 Å². The van der Waals surface area contributed by atoms with E-state index >= 15 is 0 Å². The summed E-state index contributed by atoms with van der Waals surface area (Å²) in [6.07, 6.45) is 0. The summed E-state index contributed by atoms with van der Waals surface area (Å²) >= 11 is 7.47. The maximum atomic E-state index is 5.99. The highest BCUT2D eigenvalue weighted by molar-refractivity contribution is 7.20. The largest absolute Gasteiger partial charge is 0.470 e. The minimum Gasteiger partial charge on any atom is -0.470 e. The van der Waals surface area contributed by atoms with Gasteiger partial charge < -0.3 is 4.74 Å². The summed E-state index contributed by atoms with van der Waals surface area (Å²) in [6.45, 7) is 2.57. The van der Waals surface area contributed by atoms with Crippen molar-refractivity contribution in [1.29, 1.82) is 0 Å². The highest BCUT2D eigenvalue weighted by atomic mass is 35.5. The maximum Gasteiger partial charge on any atom is 0.274 e. The molecule has 0 saturated carbocycles. The second kappa shape index (κ2) is 3.52. The van der Waals surface area contributed by atoms with Crippen molar-refractivity contribution in [3.05, 3.63) is 23.2 Å². The Morgan fingerprint density at radius 1 is 1.54 bits per heavy atom. The summed E-state index contributed by atoms with van der Waals surface area (Å²) in [5.41, 5.74) is 0.904. The van der Waals surface area contributed by atoms with Crippen LogP contribution in [0.5, 0.6) is 5.19 Å². The van der Waals surface area contributed by atoms with Crippen molar-refractivity contribution < 1.29 is 4.74 Å². The fourth-order valence-electron chi connectivity index (χ4n) is 1.08. The normalized spacial score (nSPS) is 10.6. The van der Waals surface area contributed by atoms with Gasteiger partial charge in [0.15, 0.2) is 0 Å². The van der Waals surface area contributed by atoms with E-state index in [1.54, 1.807) is 0 Å². The Labute approximate surface area is 85.1 Å². The van der Waals surface area contributed by atoms with Crippen molar-refractivity contribution in [3.63, 3.8) is 0 Å². The lowest BCUT2D eigenvalue weighted by atomic mass is 10.3. The Kier molecular flexibility index (Phi) is 2.38. The van der Waals surface area contributed by atoms with E-state index in [4.69, 9.17) is 16.3 Å². The Morgan fingerprint density at radius 2 is 2.38 bits per heavy atom. The molecule has 0 aliphatic heterocycles. The Hall–Kier alpha value is -0.800. The number of aromatic nitrogens is 1. The highest BCUT2D eigenvalue weighted by Crippen LogP contribution is 2.32. The molecule has 13 heavy (non-hydrogen) atoms. The van der Waals surface area contributed by atoms with Crippen LogP contribution < -0.4 is 4.74 Å². The van der Waals surface area contributed by atoms with E-state index in [2.05, 4.69) is 4.98 Å². The molecule has 1 heterocycles. The van der Waals surface area contributed by atoms with Crippen molar-refractivity contribution >= 4 is 33.2 Å². The van der Waals surface area contributed by atoms with Crippen LogP contribution in [0, 0.1) is 0 Å². The van der Waals surface area contributed by atoms with Crippen LogP contribution in [0.2, 0.25) is 5.02 Å². The van der Waals surface area contributed by atoms with Crippen LogP contribution in [-0.4, -0.2) is 11.6 Å². The number of benzene rings is 1. The average molecular weight is 214 g/mol. The molecule has 2 nitrogen and oxygen atoms in total. The molecule has 1 aromatic carbocycles. The molecule has 0 unspecified atom stereocenters. The smallest absolute Gasteiger partial charge is 0.274 e. The first-order valence-corrected chi connectivity index (χ1v) is 5.18. The Morgan fingerprint density at radius 3 is 3.08 bits per heavy atom. The molecule has 2 rings (SSSR count). The van der Waals surface area contributed by atoms with Gasteiger partial charge in [0.2, 0.25) is 0 Å². The van der Waals surface area contributed by atoms with Crippen LogP contribution in [0.3, 0.4) is 0 Å². The van der Waals surface area contributed by atoms with Gasteiger partial charge in [-0.25, -0.2) is 4.98 Å². The number of ether oxygens (including phenoxy) is 1. The Balaban J connectivity index is 2.55. The van der Waals surface area contributed by atoms with E-state index in [9.17, 15) is 0 Å². The number of halogens is 1. The van der Waals surface area contributed by atoms with Crippen LogP contribution in [0.1, 0.15) is 6.92 Å². The van der Waals surface area contributed by atoms with Crippen molar-refractivity contribution in [3.8, 4) is 5.19 Å². The molecular weight excluding hydrogens is 206 g/mol. The minimum absolute atomic E-state index is 0.636. The molecule has 0 bridgehead atoms. The van der Waals surface area contributed by atoms with Gasteiger partial charge in [-0.3, -0.25) is 0 Å². The molecule has 68 valence electrons.